The van der Waals surface area contributed by atoms with Gasteiger partial charge >= 0.3 is 5.97 Å². The van der Waals surface area contributed by atoms with E-state index in [1.54, 1.807) is 38.1 Å². The van der Waals surface area contributed by atoms with Crippen LogP contribution in [0.2, 0.25) is 0 Å². The lowest BCUT2D eigenvalue weighted by Crippen LogP contribution is -2.24. The maximum absolute atomic E-state index is 13.6. The summed E-state index contributed by atoms with van der Waals surface area (Å²) in [5.41, 5.74) is 1.71. The smallest absolute Gasteiger partial charge is 0.348 e. The average Bonchev–Trinajstić information content (AvgIpc) is 3.12. The monoisotopic (exact) mass is 486 g/mol. The molecule has 33 heavy (non-hydrogen) atoms. The van der Waals surface area contributed by atoms with Crippen LogP contribution in [0.4, 0.5) is 8.78 Å². The van der Waals surface area contributed by atoms with E-state index in [9.17, 15) is 18.4 Å². The first kappa shape index (κ1) is 23.1. The lowest BCUT2D eigenvalue weighted by molar-refractivity contribution is 0.0531. The number of esters is 1. The highest BCUT2D eigenvalue weighted by atomic mass is 32.2. The number of aryl methyl sites for hydroxylation is 1. The number of thiophene rings is 1. The number of hydrogen-bond acceptors (Lipinski definition) is 6. The van der Waals surface area contributed by atoms with Gasteiger partial charge in [-0.15, -0.1) is 11.3 Å². The number of hydrogen-bond donors (Lipinski definition) is 0. The molecule has 0 aliphatic heterocycles. The fraction of sp³-hybridized carbons (Fsp3) is 0.208. The number of carbonyl (C=O) groups is 1. The molecule has 2 aromatic heterocycles. The normalized spacial score (nSPS) is 11.2. The van der Waals surface area contributed by atoms with Crippen LogP contribution >= 0.6 is 23.1 Å². The van der Waals surface area contributed by atoms with Crippen molar-refractivity contribution in [3.8, 4) is 0 Å². The fourth-order valence-electron chi connectivity index (χ4n) is 3.39. The Morgan fingerprint density at radius 3 is 2.58 bits per heavy atom. The van der Waals surface area contributed by atoms with Crippen molar-refractivity contribution < 1.29 is 18.3 Å². The van der Waals surface area contributed by atoms with Gasteiger partial charge in [-0.25, -0.2) is 18.6 Å². The number of halogens is 2. The van der Waals surface area contributed by atoms with Gasteiger partial charge in [-0.3, -0.25) is 9.36 Å². The van der Waals surface area contributed by atoms with Crippen LogP contribution in [0.1, 0.15) is 33.3 Å². The fourth-order valence-corrected chi connectivity index (χ4v) is 5.44. The molecule has 0 amide bonds. The quantitative estimate of drug-likeness (QED) is 0.194. The third-order valence-electron chi connectivity index (χ3n) is 4.99. The molecule has 4 aromatic rings. The zero-order valence-electron chi connectivity index (χ0n) is 17.9. The highest BCUT2D eigenvalue weighted by molar-refractivity contribution is 7.98. The largest absolute Gasteiger partial charge is 0.462 e. The van der Waals surface area contributed by atoms with Crippen molar-refractivity contribution in [1.82, 2.24) is 9.55 Å². The second-order valence-electron chi connectivity index (χ2n) is 7.29. The summed E-state index contributed by atoms with van der Waals surface area (Å²) in [6.45, 7) is 3.83. The van der Waals surface area contributed by atoms with E-state index in [2.05, 4.69) is 4.98 Å². The molecule has 0 unspecified atom stereocenters. The van der Waals surface area contributed by atoms with Crippen molar-refractivity contribution in [3.05, 3.63) is 92.1 Å². The van der Waals surface area contributed by atoms with Crippen LogP contribution < -0.4 is 5.56 Å². The molecule has 2 aromatic carbocycles. The number of benzene rings is 2. The highest BCUT2D eigenvalue weighted by Gasteiger charge is 2.22. The Balaban J connectivity index is 1.80. The van der Waals surface area contributed by atoms with Gasteiger partial charge in [-0.2, -0.15) is 0 Å². The minimum atomic E-state index is -0.489. The van der Waals surface area contributed by atoms with Crippen LogP contribution in [0.15, 0.2) is 58.5 Å². The predicted octanol–water partition coefficient (Wildman–Crippen LogP) is 5.56. The number of fused-ring (bicyclic) bond motifs is 1. The first-order valence-corrected chi connectivity index (χ1v) is 12.0. The minimum absolute atomic E-state index is 0.178. The van der Waals surface area contributed by atoms with Gasteiger partial charge in [0, 0.05) is 5.75 Å². The molecule has 0 bridgehead atoms. The lowest BCUT2D eigenvalue weighted by Gasteiger charge is -2.12. The van der Waals surface area contributed by atoms with Gasteiger partial charge in [0.2, 0.25) is 0 Å². The summed E-state index contributed by atoms with van der Waals surface area (Å²) < 4.78 is 33.6. The van der Waals surface area contributed by atoms with E-state index in [0.29, 0.717) is 31.6 Å². The molecule has 0 N–H and O–H groups in total. The summed E-state index contributed by atoms with van der Waals surface area (Å²) in [6, 6.07) is 12.1. The third-order valence-corrected chi connectivity index (χ3v) is 7.20. The topological polar surface area (TPSA) is 61.2 Å². The number of nitrogens with zero attached hydrogens (tertiary/aromatic N) is 2. The number of thioether (sulfide) groups is 1. The maximum atomic E-state index is 13.6. The summed E-state index contributed by atoms with van der Waals surface area (Å²) in [6.07, 6.45) is 0. The van der Waals surface area contributed by atoms with Gasteiger partial charge < -0.3 is 4.74 Å². The van der Waals surface area contributed by atoms with E-state index in [-0.39, 0.29) is 30.3 Å². The number of rotatable bonds is 7. The molecule has 0 spiro atoms. The van der Waals surface area contributed by atoms with Crippen molar-refractivity contribution in [2.45, 2.75) is 31.3 Å². The molecular weight excluding hydrogens is 466 g/mol. The van der Waals surface area contributed by atoms with Crippen LogP contribution in [-0.4, -0.2) is 22.1 Å². The molecule has 5 nitrogen and oxygen atoms in total. The SMILES string of the molecule is CCOC(=O)c1sc2nc(SCc3cccc(F)c3)n(Cc3ccc(F)cc3)c(=O)c2c1C. The van der Waals surface area contributed by atoms with E-state index in [4.69, 9.17) is 4.74 Å². The predicted molar refractivity (Wildman–Crippen MR) is 126 cm³/mol. The average molecular weight is 487 g/mol. The molecule has 0 fully saturated rings. The third kappa shape index (κ3) is 4.99. The summed E-state index contributed by atoms with van der Waals surface area (Å²) >= 11 is 2.42. The van der Waals surface area contributed by atoms with Gasteiger partial charge in [0.15, 0.2) is 5.16 Å². The number of ether oxygens (including phenoxy) is 1. The molecule has 0 radical (unpaired) electrons. The minimum Gasteiger partial charge on any atom is -0.462 e. The first-order valence-electron chi connectivity index (χ1n) is 10.2. The van der Waals surface area contributed by atoms with E-state index < -0.39 is 5.97 Å². The van der Waals surface area contributed by atoms with Crippen LogP contribution in [-0.2, 0) is 17.0 Å². The molecule has 0 aliphatic rings. The van der Waals surface area contributed by atoms with Crippen molar-refractivity contribution in [2.75, 3.05) is 6.61 Å². The molecular formula is C24H20F2N2O3S2. The van der Waals surface area contributed by atoms with Gasteiger partial charge in [-0.1, -0.05) is 36.0 Å². The summed E-state index contributed by atoms with van der Waals surface area (Å²) in [5, 5.41) is 0.790. The molecule has 0 atom stereocenters. The number of aromatic nitrogens is 2. The highest BCUT2D eigenvalue weighted by Crippen LogP contribution is 2.31. The van der Waals surface area contributed by atoms with Gasteiger partial charge in [0.25, 0.3) is 5.56 Å². The van der Waals surface area contributed by atoms with Crippen molar-refractivity contribution >= 4 is 39.3 Å². The standard InChI is InChI=1S/C24H20F2N2O3S2/c1-3-31-23(30)20-14(2)19-21(33-20)27-24(32-13-16-5-4-6-18(26)11-16)28(22(19)29)12-15-7-9-17(25)10-8-15/h4-11H,3,12-13H2,1-2H3. The molecule has 170 valence electrons. The molecule has 4 rings (SSSR count). The van der Waals surface area contributed by atoms with E-state index in [1.165, 1.54) is 40.6 Å². The van der Waals surface area contributed by atoms with E-state index in [1.807, 2.05) is 0 Å². The van der Waals surface area contributed by atoms with Gasteiger partial charge in [-0.05, 0) is 54.8 Å². The molecule has 9 heteroatoms. The Labute approximate surface area is 197 Å². The lowest BCUT2D eigenvalue weighted by atomic mass is 10.2. The van der Waals surface area contributed by atoms with Gasteiger partial charge in [0.05, 0.1) is 18.5 Å². The van der Waals surface area contributed by atoms with Gasteiger partial charge in [0.1, 0.15) is 21.3 Å². The zero-order chi connectivity index (χ0) is 23.5. The first-order chi connectivity index (χ1) is 15.9. The summed E-state index contributed by atoms with van der Waals surface area (Å²) in [5.74, 6) is -0.799. The van der Waals surface area contributed by atoms with E-state index >= 15 is 0 Å². The van der Waals surface area contributed by atoms with Crippen molar-refractivity contribution in [1.29, 1.82) is 0 Å². The number of carbonyl (C=O) groups excluding carboxylic acids is 1. The second-order valence-corrected chi connectivity index (χ2v) is 9.23. The zero-order valence-corrected chi connectivity index (χ0v) is 19.6. The van der Waals surface area contributed by atoms with Crippen molar-refractivity contribution in [3.63, 3.8) is 0 Å². The Kier molecular flexibility index (Phi) is 6.90. The van der Waals surface area contributed by atoms with Crippen LogP contribution in [0.5, 0.6) is 0 Å². The Hall–Kier alpha value is -3.04. The van der Waals surface area contributed by atoms with Crippen molar-refractivity contribution in [2.24, 2.45) is 0 Å². The molecule has 0 aliphatic carbocycles. The Morgan fingerprint density at radius 2 is 1.88 bits per heavy atom. The van der Waals surface area contributed by atoms with Crippen LogP contribution in [0.25, 0.3) is 10.2 Å². The maximum Gasteiger partial charge on any atom is 0.348 e. The van der Waals surface area contributed by atoms with Crippen LogP contribution in [0.3, 0.4) is 0 Å². The molecule has 0 saturated carbocycles. The Bertz CT molecular complexity index is 1380. The molecule has 0 saturated heterocycles. The van der Waals surface area contributed by atoms with E-state index in [0.717, 1.165) is 22.5 Å². The Morgan fingerprint density at radius 1 is 1.12 bits per heavy atom. The molecule has 2 heterocycles. The summed E-state index contributed by atoms with van der Waals surface area (Å²) in [4.78, 5) is 31.4. The van der Waals surface area contributed by atoms with Crippen LogP contribution in [0, 0.1) is 18.6 Å². The summed E-state index contributed by atoms with van der Waals surface area (Å²) in [7, 11) is 0. The second kappa shape index (κ2) is 9.84.